The molecule has 7 heteroatoms. The molecule has 2 aromatic carbocycles. The Morgan fingerprint density at radius 2 is 1.30 bits per heavy atom. The van der Waals surface area contributed by atoms with Crippen molar-refractivity contribution in [3.8, 4) is 17.2 Å². The number of hydrogen-bond acceptors (Lipinski definition) is 4. The fourth-order valence-corrected chi connectivity index (χ4v) is 4.53. The number of para-hydroxylation sites is 1. The largest absolute Gasteiger partial charge is 1.00 e. The monoisotopic (exact) mass is 500 g/mol. The predicted octanol–water partition coefficient (Wildman–Crippen LogP) is 4.05. The number of ether oxygens (including phenoxy) is 1. The van der Waals surface area contributed by atoms with Gasteiger partial charge in [-0.25, -0.2) is 0 Å². The standard InChI is InChI=1S/C26H38O5S.K/c1-2-3-4-5-6-7-8-9-10-11-12-16-19-23-24(27)20-21-25(32(28,29)30)26(23)31-22-17-14-13-15-18-22;/h13-15,17-18,20-21,27H,2-12,16,19H2,1H3,(H,28,29,30);/q;+1/p-1. The maximum Gasteiger partial charge on any atom is 1.00 e. The van der Waals surface area contributed by atoms with Crippen molar-refractivity contribution >= 4 is 10.1 Å². The van der Waals surface area contributed by atoms with Crippen LogP contribution >= 0.6 is 0 Å². The molecule has 0 radical (unpaired) electrons. The van der Waals surface area contributed by atoms with E-state index in [-0.39, 0.29) is 67.8 Å². The third kappa shape index (κ3) is 11.7. The summed E-state index contributed by atoms with van der Waals surface area (Å²) in [5, 5.41) is 12.5. The van der Waals surface area contributed by atoms with Crippen LogP contribution in [0.25, 0.3) is 0 Å². The maximum absolute atomic E-state index is 12.5. The molecule has 0 aliphatic carbocycles. The van der Waals surface area contributed by atoms with Gasteiger partial charge < -0.3 is 9.84 Å². The van der Waals surface area contributed by atoms with Gasteiger partial charge in [0.2, 0.25) is 0 Å². The molecule has 0 saturated carbocycles. The number of hydrogen-bond donors (Lipinski definition) is 1. The summed E-state index contributed by atoms with van der Waals surface area (Å²) in [7, 11) is -4.51. The molecule has 0 aliphatic rings. The van der Waals surface area contributed by atoms with Gasteiger partial charge in [0, 0.05) is 0 Å². The summed E-state index contributed by atoms with van der Waals surface area (Å²) >= 11 is 0. The third-order valence-electron chi connectivity index (χ3n) is 5.70. The van der Waals surface area contributed by atoms with Gasteiger partial charge in [-0.15, -0.1) is 5.75 Å². The fourth-order valence-electron chi connectivity index (χ4n) is 3.89. The zero-order chi connectivity index (χ0) is 23.2. The van der Waals surface area contributed by atoms with Crippen LogP contribution < -0.4 is 61.2 Å². The van der Waals surface area contributed by atoms with Gasteiger partial charge in [0.1, 0.15) is 10.6 Å². The van der Waals surface area contributed by atoms with Crippen LogP contribution in [-0.2, 0) is 16.5 Å². The Morgan fingerprint density at radius 3 is 1.82 bits per heavy atom. The Labute approximate surface area is 242 Å². The zero-order valence-corrected chi connectivity index (χ0v) is 24.2. The van der Waals surface area contributed by atoms with Crippen LogP contribution in [0, 0.1) is 0 Å². The molecule has 0 spiro atoms. The van der Waals surface area contributed by atoms with Gasteiger partial charge >= 0.3 is 51.4 Å². The molecule has 0 atom stereocenters. The summed E-state index contributed by atoms with van der Waals surface area (Å²) in [4.78, 5) is -0.366. The molecule has 0 saturated heterocycles. The molecule has 0 fully saturated rings. The van der Waals surface area contributed by atoms with Crippen LogP contribution in [0.4, 0.5) is 0 Å². The molecule has 2 rings (SSSR count). The molecule has 0 amide bonds. The second-order valence-electron chi connectivity index (χ2n) is 8.40. The summed E-state index contributed by atoms with van der Waals surface area (Å²) in [6.07, 6.45) is 14.9. The predicted molar refractivity (Wildman–Crippen MR) is 127 cm³/mol. The Kier molecular flexibility index (Phi) is 15.9. The van der Waals surface area contributed by atoms with Gasteiger partial charge in [-0.3, -0.25) is 4.55 Å². The second kappa shape index (κ2) is 17.1. The van der Waals surface area contributed by atoms with E-state index in [0.29, 0.717) is 17.7 Å². The smallest absolute Gasteiger partial charge is 0.872 e. The molecule has 0 bridgehead atoms. The van der Waals surface area contributed by atoms with Crippen molar-refractivity contribution in [2.24, 2.45) is 0 Å². The number of unbranched alkanes of at least 4 members (excludes halogenated alkanes) is 11. The van der Waals surface area contributed by atoms with Crippen molar-refractivity contribution in [1.82, 2.24) is 0 Å². The summed E-state index contributed by atoms with van der Waals surface area (Å²) < 4.78 is 39.1. The zero-order valence-electron chi connectivity index (χ0n) is 20.2. The minimum atomic E-state index is -4.51. The number of rotatable bonds is 16. The van der Waals surface area contributed by atoms with Gasteiger partial charge in [-0.05, 0) is 36.6 Å². The average molecular weight is 501 g/mol. The van der Waals surface area contributed by atoms with Crippen molar-refractivity contribution in [3.63, 3.8) is 0 Å². The van der Waals surface area contributed by atoms with E-state index in [4.69, 9.17) is 4.74 Å². The van der Waals surface area contributed by atoms with Crippen molar-refractivity contribution < 1.29 is 74.2 Å². The molecule has 0 unspecified atom stereocenters. The van der Waals surface area contributed by atoms with Gasteiger partial charge in [0.05, 0.1) is 0 Å². The van der Waals surface area contributed by atoms with E-state index in [1.807, 2.05) is 6.07 Å². The Balaban J connectivity index is 0.00000544. The van der Waals surface area contributed by atoms with E-state index in [9.17, 15) is 18.1 Å². The van der Waals surface area contributed by atoms with E-state index in [0.717, 1.165) is 25.3 Å². The molecule has 0 aromatic heterocycles. The Morgan fingerprint density at radius 1 is 0.788 bits per heavy atom. The fraction of sp³-hybridized carbons (Fsp3) is 0.538. The summed E-state index contributed by atoms with van der Waals surface area (Å²) in [5.74, 6) is 0.0830. The van der Waals surface area contributed by atoms with E-state index in [1.54, 1.807) is 24.3 Å². The van der Waals surface area contributed by atoms with Gasteiger partial charge in [0.15, 0.2) is 5.75 Å². The minimum absolute atomic E-state index is 0. The van der Waals surface area contributed by atoms with Crippen molar-refractivity contribution in [2.75, 3.05) is 0 Å². The normalized spacial score (nSPS) is 11.2. The quantitative estimate of drug-likeness (QED) is 0.213. The van der Waals surface area contributed by atoms with E-state index in [1.165, 1.54) is 63.9 Å². The van der Waals surface area contributed by atoms with Crippen LogP contribution in [0.2, 0.25) is 0 Å². The number of benzene rings is 2. The van der Waals surface area contributed by atoms with Gasteiger partial charge in [-0.2, -0.15) is 8.42 Å². The first-order valence-electron chi connectivity index (χ1n) is 12.0. The van der Waals surface area contributed by atoms with E-state index >= 15 is 0 Å². The van der Waals surface area contributed by atoms with Crippen LogP contribution in [0.1, 0.15) is 89.5 Å². The topological polar surface area (TPSA) is 86.7 Å². The van der Waals surface area contributed by atoms with Crippen LogP contribution in [0.5, 0.6) is 17.2 Å². The average Bonchev–Trinajstić information content (AvgIpc) is 2.76. The third-order valence-corrected chi connectivity index (χ3v) is 6.58. The Hall–Kier alpha value is -0.414. The molecule has 5 nitrogen and oxygen atoms in total. The molecule has 0 heterocycles. The van der Waals surface area contributed by atoms with Crippen molar-refractivity contribution in [1.29, 1.82) is 0 Å². The summed E-state index contributed by atoms with van der Waals surface area (Å²) in [6.45, 7) is 2.24. The van der Waals surface area contributed by atoms with Gasteiger partial charge in [-0.1, -0.05) is 102 Å². The summed E-state index contributed by atoms with van der Waals surface area (Å²) in [5.41, 5.74) is 0.302. The maximum atomic E-state index is 12.5. The van der Waals surface area contributed by atoms with Crippen LogP contribution in [0.3, 0.4) is 0 Å². The first-order valence-corrected chi connectivity index (χ1v) is 13.4. The minimum Gasteiger partial charge on any atom is -0.872 e. The molecule has 2 aromatic rings. The second-order valence-corrected chi connectivity index (χ2v) is 9.79. The Bertz CT molecular complexity index is 900. The summed E-state index contributed by atoms with van der Waals surface area (Å²) in [6, 6.07) is 11.0. The molecule has 0 aliphatic heterocycles. The molecule has 178 valence electrons. The molecule has 33 heavy (non-hydrogen) atoms. The molecular weight excluding hydrogens is 463 g/mol. The van der Waals surface area contributed by atoms with Crippen molar-refractivity contribution in [2.45, 2.75) is 95.3 Å². The van der Waals surface area contributed by atoms with Crippen molar-refractivity contribution in [3.05, 3.63) is 48.0 Å². The SMILES string of the molecule is CCCCCCCCCCCCCCc1c([O-])ccc(S(=O)(=O)O)c1Oc1ccccc1.[K+]. The molecule has 1 N–H and O–H groups in total. The van der Waals surface area contributed by atoms with E-state index in [2.05, 4.69) is 6.92 Å². The molecular formula is C26H37KO5S. The first-order chi connectivity index (χ1) is 15.4. The van der Waals surface area contributed by atoms with Crippen LogP contribution in [0.15, 0.2) is 47.4 Å². The van der Waals surface area contributed by atoms with E-state index < -0.39 is 10.1 Å². The van der Waals surface area contributed by atoms with Gasteiger partial charge in [0.25, 0.3) is 10.1 Å². The first kappa shape index (κ1) is 30.6. The van der Waals surface area contributed by atoms with Crippen LogP contribution in [-0.4, -0.2) is 13.0 Å².